The lowest BCUT2D eigenvalue weighted by atomic mass is 9.82. The van der Waals surface area contributed by atoms with Crippen molar-refractivity contribution in [1.82, 2.24) is 0 Å². The molecule has 1 aromatic carbocycles. The van der Waals surface area contributed by atoms with Gasteiger partial charge in [0.15, 0.2) is 8.32 Å². The summed E-state index contributed by atoms with van der Waals surface area (Å²) in [5, 5.41) is 3.95. The van der Waals surface area contributed by atoms with Crippen LogP contribution in [0.4, 0.5) is 5.69 Å². The van der Waals surface area contributed by atoms with Crippen LogP contribution in [-0.4, -0.2) is 46.3 Å². The Morgan fingerprint density at radius 2 is 2.07 bits per heavy atom. The summed E-state index contributed by atoms with van der Waals surface area (Å²) in [5.74, 6) is 0.108. The molecule has 0 unspecified atom stereocenters. The largest absolute Gasteiger partial charge is 0.465 e. The summed E-state index contributed by atoms with van der Waals surface area (Å²) in [7, 11) is -0.270. The molecule has 2 aliphatic heterocycles. The lowest BCUT2D eigenvalue weighted by Gasteiger charge is -2.37. The Bertz CT molecular complexity index is 768. The summed E-state index contributed by atoms with van der Waals surface area (Å²) >= 11 is 0. The van der Waals surface area contributed by atoms with E-state index in [1.165, 1.54) is 7.11 Å². The predicted octanol–water partition coefficient (Wildman–Crippen LogP) is 4.88. The van der Waals surface area contributed by atoms with Crippen LogP contribution in [0.3, 0.4) is 0 Å². The molecule has 2 heterocycles. The zero-order chi connectivity index (χ0) is 20.5. The van der Waals surface area contributed by atoms with Gasteiger partial charge < -0.3 is 14.5 Å². The second-order valence-electron chi connectivity index (χ2n) is 9.42. The number of fused-ring (bicyclic) bond motifs is 3. The summed E-state index contributed by atoms with van der Waals surface area (Å²) in [4.78, 5) is 16.7. The van der Waals surface area contributed by atoms with E-state index in [2.05, 4.69) is 39.2 Å². The van der Waals surface area contributed by atoms with Gasteiger partial charge >= 0.3 is 5.97 Å². The first-order chi connectivity index (χ1) is 13.1. The molecule has 2 atom stereocenters. The smallest absolute Gasteiger partial charge is 0.337 e. The van der Waals surface area contributed by atoms with Gasteiger partial charge in [-0.2, -0.15) is 0 Å². The minimum atomic E-state index is -1.68. The number of benzene rings is 1. The van der Waals surface area contributed by atoms with Crippen molar-refractivity contribution in [3.8, 4) is 0 Å². The fourth-order valence-electron chi connectivity index (χ4n) is 3.80. The quantitative estimate of drug-likeness (QED) is 0.419. The Balaban J connectivity index is 1.66. The van der Waals surface area contributed by atoms with Crippen molar-refractivity contribution in [1.29, 1.82) is 0 Å². The SMILES string of the molecule is COC(=O)c1ccc2c(c1)C1=NCC[C@H]1[C@H](CCCO[Si](C)(C)C(C)(C)C)N2. The second kappa shape index (κ2) is 7.99. The number of esters is 1. The van der Waals surface area contributed by atoms with Gasteiger partial charge in [-0.3, -0.25) is 4.99 Å². The van der Waals surface area contributed by atoms with E-state index in [4.69, 9.17) is 14.2 Å². The third kappa shape index (κ3) is 4.18. The van der Waals surface area contributed by atoms with Crippen molar-refractivity contribution in [2.24, 2.45) is 10.9 Å². The molecule has 5 nitrogen and oxygen atoms in total. The maximum Gasteiger partial charge on any atom is 0.337 e. The zero-order valence-corrected chi connectivity index (χ0v) is 19.1. The molecule has 0 saturated carbocycles. The van der Waals surface area contributed by atoms with E-state index in [1.807, 2.05) is 18.2 Å². The maximum absolute atomic E-state index is 11.9. The fourth-order valence-corrected chi connectivity index (χ4v) is 4.89. The van der Waals surface area contributed by atoms with Crippen molar-refractivity contribution in [2.45, 2.75) is 64.2 Å². The van der Waals surface area contributed by atoms with Crippen LogP contribution < -0.4 is 5.32 Å². The molecule has 0 aliphatic carbocycles. The lowest BCUT2D eigenvalue weighted by Crippen LogP contribution is -2.41. The fraction of sp³-hybridized carbons (Fsp3) is 0.636. The summed E-state index contributed by atoms with van der Waals surface area (Å²) in [5.41, 5.74) is 3.85. The molecular formula is C22H34N2O3Si. The monoisotopic (exact) mass is 402 g/mol. The number of methoxy groups -OCH3 is 1. The van der Waals surface area contributed by atoms with Gasteiger partial charge in [0.25, 0.3) is 0 Å². The highest BCUT2D eigenvalue weighted by Gasteiger charge is 2.38. The van der Waals surface area contributed by atoms with Crippen LogP contribution >= 0.6 is 0 Å². The molecule has 154 valence electrons. The molecule has 0 saturated heterocycles. The number of hydrogen-bond acceptors (Lipinski definition) is 5. The van der Waals surface area contributed by atoms with Crippen molar-refractivity contribution >= 4 is 25.7 Å². The van der Waals surface area contributed by atoms with Crippen LogP contribution in [0.25, 0.3) is 0 Å². The number of rotatable bonds is 6. The van der Waals surface area contributed by atoms with Crippen molar-refractivity contribution < 1.29 is 14.0 Å². The Labute approximate surface area is 170 Å². The first kappa shape index (κ1) is 21.1. The number of nitrogens with one attached hydrogen (secondary N) is 1. The number of aliphatic imine (C=N–C) groups is 1. The van der Waals surface area contributed by atoms with Gasteiger partial charge in [-0.25, -0.2) is 4.79 Å². The topological polar surface area (TPSA) is 59.9 Å². The minimum Gasteiger partial charge on any atom is -0.465 e. The van der Waals surface area contributed by atoms with Gasteiger partial charge in [-0.1, -0.05) is 20.8 Å². The van der Waals surface area contributed by atoms with Crippen LogP contribution in [0.15, 0.2) is 23.2 Å². The molecule has 1 N–H and O–H groups in total. The third-order valence-electron chi connectivity index (χ3n) is 6.55. The van der Waals surface area contributed by atoms with Crippen LogP contribution in [0.1, 0.15) is 56.0 Å². The van der Waals surface area contributed by atoms with Gasteiger partial charge in [0.1, 0.15) is 0 Å². The Kier molecular flexibility index (Phi) is 6.01. The highest BCUT2D eigenvalue weighted by Crippen LogP contribution is 2.38. The molecule has 28 heavy (non-hydrogen) atoms. The number of anilines is 1. The number of carbonyl (C=O) groups is 1. The van der Waals surface area contributed by atoms with Crippen LogP contribution in [0.5, 0.6) is 0 Å². The molecule has 0 aromatic heterocycles. The van der Waals surface area contributed by atoms with E-state index in [9.17, 15) is 4.79 Å². The Morgan fingerprint density at radius 3 is 2.75 bits per heavy atom. The summed E-state index contributed by atoms with van der Waals surface area (Å²) < 4.78 is 11.2. The van der Waals surface area contributed by atoms with Crippen LogP contribution in [0, 0.1) is 5.92 Å². The van der Waals surface area contributed by atoms with Crippen molar-refractivity contribution in [3.05, 3.63) is 29.3 Å². The van der Waals surface area contributed by atoms with Crippen molar-refractivity contribution in [2.75, 3.05) is 25.6 Å². The standard InChI is InChI=1S/C22H34N2O3Si/c1-22(2,3)28(5,6)27-13-7-8-18-16-11-12-23-20(16)17-14-15(21(25)26-4)9-10-19(17)24-18/h9-10,14,16,18,24H,7-8,11-13H2,1-6H3/t16-,18-/m0/s1. The number of ether oxygens (including phenoxy) is 1. The molecule has 0 spiro atoms. The summed E-state index contributed by atoms with van der Waals surface area (Å²) in [6, 6.07) is 6.10. The number of carbonyl (C=O) groups excluding carboxylic acids is 1. The second-order valence-corrected chi connectivity index (χ2v) is 14.2. The van der Waals surface area contributed by atoms with Crippen molar-refractivity contribution in [3.63, 3.8) is 0 Å². The highest BCUT2D eigenvalue weighted by atomic mass is 28.4. The van der Waals surface area contributed by atoms with E-state index in [0.717, 1.165) is 49.4 Å². The molecule has 0 amide bonds. The molecule has 3 rings (SSSR count). The average molecular weight is 403 g/mol. The zero-order valence-electron chi connectivity index (χ0n) is 18.1. The molecule has 0 fully saturated rings. The van der Waals surface area contributed by atoms with E-state index >= 15 is 0 Å². The first-order valence-corrected chi connectivity index (χ1v) is 13.2. The molecule has 0 bridgehead atoms. The molecular weight excluding hydrogens is 368 g/mol. The Morgan fingerprint density at radius 1 is 1.32 bits per heavy atom. The maximum atomic E-state index is 11.9. The summed E-state index contributed by atoms with van der Waals surface area (Å²) in [6.07, 6.45) is 3.18. The molecule has 6 heteroatoms. The van der Waals surface area contributed by atoms with E-state index < -0.39 is 8.32 Å². The lowest BCUT2D eigenvalue weighted by molar-refractivity contribution is 0.0600. The van der Waals surface area contributed by atoms with Gasteiger partial charge in [0.2, 0.25) is 0 Å². The van der Waals surface area contributed by atoms with E-state index in [0.29, 0.717) is 17.5 Å². The molecule has 0 radical (unpaired) electrons. The van der Waals surface area contributed by atoms with Crippen LogP contribution in [0.2, 0.25) is 18.1 Å². The number of hydrogen-bond donors (Lipinski definition) is 1. The van der Waals surface area contributed by atoms with E-state index in [1.54, 1.807) is 0 Å². The van der Waals surface area contributed by atoms with Gasteiger partial charge in [0, 0.05) is 42.1 Å². The normalized spacial score (nSPS) is 21.4. The highest BCUT2D eigenvalue weighted by molar-refractivity contribution is 6.74. The van der Waals surface area contributed by atoms with Crippen LogP contribution in [-0.2, 0) is 9.16 Å². The Hall–Kier alpha value is -1.66. The molecule has 2 aliphatic rings. The summed E-state index contributed by atoms with van der Waals surface area (Å²) in [6.45, 7) is 13.1. The van der Waals surface area contributed by atoms with Gasteiger partial charge in [-0.05, 0) is 55.6 Å². The van der Waals surface area contributed by atoms with Gasteiger partial charge in [0.05, 0.1) is 12.7 Å². The predicted molar refractivity (Wildman–Crippen MR) is 117 cm³/mol. The average Bonchev–Trinajstić information content (AvgIpc) is 3.13. The first-order valence-electron chi connectivity index (χ1n) is 10.3. The number of nitrogens with zero attached hydrogens (tertiary/aromatic N) is 1. The van der Waals surface area contributed by atoms with E-state index in [-0.39, 0.29) is 11.0 Å². The minimum absolute atomic E-state index is 0.248. The molecule has 1 aromatic rings. The van der Waals surface area contributed by atoms with Gasteiger partial charge in [-0.15, -0.1) is 0 Å². The third-order valence-corrected chi connectivity index (χ3v) is 11.1.